The minimum absolute atomic E-state index is 0.0795. The van der Waals surface area contributed by atoms with Gasteiger partial charge in [-0.25, -0.2) is 19.2 Å². The molecule has 390 valence electrons. The lowest BCUT2D eigenvalue weighted by Gasteiger charge is -2.46. The van der Waals surface area contributed by atoms with Gasteiger partial charge in [0.2, 0.25) is 0 Å². The molecule has 76 heavy (non-hydrogen) atoms. The van der Waals surface area contributed by atoms with Gasteiger partial charge in [0.15, 0.2) is 30.9 Å². The smallest absolute Gasteiger partial charge is 0.338 e. The van der Waals surface area contributed by atoms with E-state index in [2.05, 4.69) is 0 Å². The molecule has 0 aromatic heterocycles. The largest absolute Gasteiger partial charge is 0.459 e. The van der Waals surface area contributed by atoms with E-state index in [0.29, 0.717) is 0 Å². The highest BCUT2D eigenvalue weighted by Crippen LogP contribution is 2.35. The Kier molecular flexibility index (Phi) is 18.5. The van der Waals surface area contributed by atoms with E-state index in [-0.39, 0.29) is 42.1 Å². The molecule has 0 amide bonds. The quantitative estimate of drug-likeness (QED) is 0.0533. The molecule has 2 fully saturated rings. The third kappa shape index (κ3) is 14.1. The number of carbonyl (C=O) groups is 4. The highest BCUT2D eigenvalue weighted by atomic mass is 16.7. The van der Waals surface area contributed by atoms with Crippen LogP contribution in [0.25, 0.3) is 0 Å². The van der Waals surface area contributed by atoms with E-state index in [1.54, 1.807) is 84.9 Å². The molecular weight excluding hydrogens is 973 g/mol. The van der Waals surface area contributed by atoms with Gasteiger partial charge in [0.25, 0.3) is 0 Å². The molecule has 2 heterocycles. The van der Waals surface area contributed by atoms with E-state index in [4.69, 9.17) is 47.4 Å². The summed E-state index contributed by atoms with van der Waals surface area (Å²) in [5.74, 6) is -3.33. The Balaban J connectivity index is 1.09. The number of aliphatic hydroxyl groups is 1. The van der Waals surface area contributed by atoms with Gasteiger partial charge in [-0.15, -0.1) is 0 Å². The average Bonchev–Trinajstić information content (AvgIpc) is 3.50. The van der Waals surface area contributed by atoms with Crippen molar-refractivity contribution in [3.63, 3.8) is 0 Å². The first-order chi connectivity index (χ1) is 37.3. The second-order valence-electron chi connectivity index (χ2n) is 17.9. The maximum absolute atomic E-state index is 14.3. The molecule has 15 heteroatoms. The lowest BCUT2D eigenvalue weighted by molar-refractivity contribution is -0.337. The molecular formula is C61H56O15. The maximum atomic E-state index is 14.3. The van der Waals surface area contributed by atoms with Crippen LogP contribution < -0.4 is 0 Å². The molecule has 0 aliphatic carbocycles. The number of carbonyl (C=O) groups excluding carboxylic acids is 4. The molecule has 0 radical (unpaired) electrons. The first-order valence-electron chi connectivity index (χ1n) is 24.8. The Morgan fingerprint density at radius 1 is 0.342 bits per heavy atom. The number of aliphatic hydroxyl groups excluding tert-OH is 1. The van der Waals surface area contributed by atoms with Gasteiger partial charge in [0, 0.05) is 0 Å². The molecule has 0 spiro atoms. The fraction of sp³-hybridized carbons (Fsp3) is 0.246. The second-order valence-corrected chi connectivity index (χ2v) is 17.9. The molecule has 1 unspecified atom stereocenters. The van der Waals surface area contributed by atoms with Crippen molar-refractivity contribution in [1.29, 1.82) is 0 Å². The van der Waals surface area contributed by atoms with Crippen LogP contribution in [-0.4, -0.2) is 104 Å². The van der Waals surface area contributed by atoms with Crippen LogP contribution >= 0.6 is 0 Å². The minimum atomic E-state index is -1.70. The number of hydrogen-bond acceptors (Lipinski definition) is 15. The van der Waals surface area contributed by atoms with E-state index < -0.39 is 98.5 Å². The highest BCUT2D eigenvalue weighted by molar-refractivity contribution is 5.91. The van der Waals surface area contributed by atoms with Crippen LogP contribution in [0.3, 0.4) is 0 Å². The van der Waals surface area contributed by atoms with Gasteiger partial charge in [0.1, 0.15) is 37.1 Å². The molecule has 10 atom stereocenters. The summed E-state index contributed by atoms with van der Waals surface area (Å²) < 4.78 is 64.1. The zero-order valence-corrected chi connectivity index (χ0v) is 41.2. The summed E-state index contributed by atoms with van der Waals surface area (Å²) in [6, 6.07) is 60.8. The predicted molar refractivity (Wildman–Crippen MR) is 274 cm³/mol. The summed E-state index contributed by atoms with van der Waals surface area (Å²) in [5.41, 5.74) is 3.11. The molecule has 9 rings (SSSR count). The topological polar surface area (TPSA) is 181 Å². The lowest BCUT2D eigenvalue weighted by atomic mass is 9.96. The van der Waals surface area contributed by atoms with E-state index in [0.717, 1.165) is 16.7 Å². The van der Waals surface area contributed by atoms with Crippen molar-refractivity contribution in [2.45, 2.75) is 81.2 Å². The second kappa shape index (κ2) is 26.6. The Labute approximate surface area is 439 Å². The first-order valence-corrected chi connectivity index (χ1v) is 24.8. The summed E-state index contributed by atoms with van der Waals surface area (Å²) in [6.07, 6.45) is -14.0. The van der Waals surface area contributed by atoms with Gasteiger partial charge >= 0.3 is 23.9 Å². The summed E-state index contributed by atoms with van der Waals surface area (Å²) in [7, 11) is 0. The van der Waals surface area contributed by atoms with E-state index >= 15 is 0 Å². The zero-order chi connectivity index (χ0) is 52.5. The van der Waals surface area contributed by atoms with Crippen LogP contribution in [0.1, 0.15) is 58.1 Å². The number of esters is 4. The first kappa shape index (κ1) is 53.0. The van der Waals surface area contributed by atoms with Crippen LogP contribution in [-0.2, 0) is 67.2 Å². The fourth-order valence-electron chi connectivity index (χ4n) is 8.75. The summed E-state index contributed by atoms with van der Waals surface area (Å²) in [4.78, 5) is 56.2. The van der Waals surface area contributed by atoms with E-state index in [1.165, 1.54) is 36.4 Å². The predicted octanol–water partition coefficient (Wildman–Crippen LogP) is 8.74. The van der Waals surface area contributed by atoms with Crippen molar-refractivity contribution in [3.05, 3.63) is 251 Å². The maximum Gasteiger partial charge on any atom is 0.338 e. The highest BCUT2D eigenvalue weighted by Gasteiger charge is 2.55. The van der Waals surface area contributed by atoms with Crippen molar-refractivity contribution in [1.82, 2.24) is 0 Å². The fourth-order valence-corrected chi connectivity index (χ4v) is 8.75. The van der Waals surface area contributed by atoms with Crippen molar-refractivity contribution in [3.8, 4) is 0 Å². The lowest BCUT2D eigenvalue weighted by Crippen LogP contribution is -2.64. The SMILES string of the molecule is O=C(OC[C@H]1OC(OC[C@H]2O[C@H](O)[C@H](OCc3ccccc3)[C@@H](OCc3ccccc3)[C@@H]2OCc2ccccc2)[C@H](OC(=O)c2ccccc2)[C@@H](OC(=O)c2ccccc2)[C@@H]1OC(=O)c1ccccc1)c1ccccc1. The van der Waals surface area contributed by atoms with Crippen LogP contribution in [0, 0.1) is 0 Å². The molecule has 2 aliphatic rings. The van der Waals surface area contributed by atoms with Crippen molar-refractivity contribution >= 4 is 23.9 Å². The van der Waals surface area contributed by atoms with E-state index in [1.807, 2.05) is 91.0 Å². The Hall–Kier alpha value is -7.86. The summed E-state index contributed by atoms with van der Waals surface area (Å²) in [5, 5.41) is 11.9. The van der Waals surface area contributed by atoms with Crippen LogP contribution in [0.2, 0.25) is 0 Å². The van der Waals surface area contributed by atoms with Gasteiger partial charge in [-0.05, 0) is 65.2 Å². The summed E-state index contributed by atoms with van der Waals surface area (Å²) in [6.45, 7) is -0.732. The monoisotopic (exact) mass is 1030 g/mol. The molecule has 1 N–H and O–H groups in total. The number of benzene rings is 7. The van der Waals surface area contributed by atoms with Crippen molar-refractivity contribution < 1.29 is 71.7 Å². The van der Waals surface area contributed by atoms with Crippen molar-refractivity contribution in [2.24, 2.45) is 0 Å². The van der Waals surface area contributed by atoms with Crippen LogP contribution in [0.15, 0.2) is 212 Å². The van der Waals surface area contributed by atoms with Crippen molar-refractivity contribution in [2.75, 3.05) is 13.2 Å². The van der Waals surface area contributed by atoms with Gasteiger partial charge in [-0.2, -0.15) is 0 Å². The number of hydrogen-bond donors (Lipinski definition) is 1. The normalized spacial score (nSPS) is 23.1. The summed E-state index contributed by atoms with van der Waals surface area (Å²) >= 11 is 0. The molecule has 0 bridgehead atoms. The Morgan fingerprint density at radius 2 is 0.684 bits per heavy atom. The third-order valence-electron chi connectivity index (χ3n) is 12.6. The van der Waals surface area contributed by atoms with Gasteiger partial charge in [0.05, 0.1) is 48.7 Å². The molecule has 7 aromatic carbocycles. The van der Waals surface area contributed by atoms with Gasteiger partial charge in [-0.3, -0.25) is 0 Å². The average molecular weight is 1030 g/mol. The van der Waals surface area contributed by atoms with Gasteiger partial charge < -0.3 is 52.5 Å². The zero-order valence-electron chi connectivity index (χ0n) is 41.2. The molecule has 7 aromatic rings. The van der Waals surface area contributed by atoms with Gasteiger partial charge in [-0.1, -0.05) is 164 Å². The Bertz CT molecular complexity index is 2900. The minimum Gasteiger partial charge on any atom is -0.459 e. The molecule has 2 aliphatic heterocycles. The van der Waals surface area contributed by atoms with Crippen LogP contribution in [0.5, 0.6) is 0 Å². The number of rotatable bonds is 21. The standard InChI is InChI=1S/C61H56O15/c62-56(44-28-14-4-15-29-44)70-39-49-51(74-57(63)45-30-16-5-17-31-45)53(75-58(64)46-32-18-6-19-33-46)55(76-59(65)47-34-20-7-21-35-47)61(73-49)71-40-48-50(67-36-41-22-8-1-9-23-41)52(68-37-42-24-10-2-11-25-42)54(60(66)72-48)69-38-43-26-12-3-13-27-43/h1-35,48-55,60-61,66H,36-40H2/t48-,49-,50-,51-,52+,53+,54-,55-,60+,61?/m1/s1. The molecule has 15 nitrogen and oxygen atoms in total. The number of ether oxygens (including phenoxy) is 10. The Morgan fingerprint density at radius 3 is 1.12 bits per heavy atom. The molecule has 0 saturated carbocycles. The van der Waals surface area contributed by atoms with E-state index in [9.17, 15) is 24.3 Å². The third-order valence-corrected chi connectivity index (χ3v) is 12.6. The van der Waals surface area contributed by atoms with Crippen LogP contribution in [0.4, 0.5) is 0 Å². The molecule has 2 saturated heterocycles.